The molecule has 1 fully saturated rings. The third-order valence-corrected chi connectivity index (χ3v) is 3.83. The molecule has 8 heteroatoms. The molecule has 1 unspecified atom stereocenters. The van der Waals surface area contributed by atoms with E-state index in [9.17, 15) is 19.3 Å². The van der Waals surface area contributed by atoms with Crippen molar-refractivity contribution in [2.45, 2.75) is 12.5 Å². The zero-order valence-corrected chi connectivity index (χ0v) is 11.5. The van der Waals surface area contributed by atoms with Gasteiger partial charge in [0.1, 0.15) is 5.54 Å². The molecule has 21 heavy (non-hydrogen) atoms. The van der Waals surface area contributed by atoms with Gasteiger partial charge in [0, 0.05) is 19.2 Å². The first-order valence-corrected chi connectivity index (χ1v) is 6.44. The molecular weight excluding hydrogens is 281 g/mol. The number of halogens is 1. The lowest BCUT2D eigenvalue weighted by Gasteiger charge is -2.41. The topological polar surface area (TPSA) is 98.7 Å². The molecule has 0 aromatic heterocycles. The Bertz CT molecular complexity index is 575. The summed E-state index contributed by atoms with van der Waals surface area (Å²) >= 11 is 0. The fraction of sp³-hybridized carbons (Fsp3) is 0.462. The van der Waals surface area contributed by atoms with Gasteiger partial charge >= 0.3 is 5.69 Å². The summed E-state index contributed by atoms with van der Waals surface area (Å²) in [5.41, 5.74) is 3.93. The second-order valence-corrected chi connectivity index (χ2v) is 4.96. The van der Waals surface area contributed by atoms with E-state index in [0.29, 0.717) is 31.9 Å². The third kappa shape index (κ3) is 2.72. The minimum atomic E-state index is -1.24. The molecular formula is C13H16FN3O4. The first kappa shape index (κ1) is 15.3. The van der Waals surface area contributed by atoms with Crippen LogP contribution in [0.1, 0.15) is 12.5 Å². The van der Waals surface area contributed by atoms with E-state index in [2.05, 4.69) is 0 Å². The van der Waals surface area contributed by atoms with Crippen molar-refractivity contribution in [3.8, 4) is 0 Å². The molecule has 1 aromatic carbocycles. The van der Waals surface area contributed by atoms with Crippen molar-refractivity contribution < 1.29 is 18.8 Å². The monoisotopic (exact) mass is 297 g/mol. The predicted molar refractivity (Wildman–Crippen MR) is 72.0 cm³/mol. The van der Waals surface area contributed by atoms with Gasteiger partial charge in [0.2, 0.25) is 11.7 Å². The van der Waals surface area contributed by atoms with Crippen molar-refractivity contribution in [1.82, 2.24) is 4.90 Å². The van der Waals surface area contributed by atoms with Crippen molar-refractivity contribution >= 4 is 11.6 Å². The second-order valence-electron chi connectivity index (χ2n) is 4.96. The molecule has 7 nitrogen and oxygen atoms in total. The van der Waals surface area contributed by atoms with Crippen molar-refractivity contribution in [3.05, 3.63) is 39.7 Å². The summed E-state index contributed by atoms with van der Waals surface area (Å²) in [5, 5.41) is 10.7. The number of nitrogens with two attached hydrogens (primary N) is 1. The number of rotatable bonds is 4. The van der Waals surface area contributed by atoms with Crippen molar-refractivity contribution in [3.63, 3.8) is 0 Å². The summed E-state index contributed by atoms with van der Waals surface area (Å²) in [7, 11) is 0. The van der Waals surface area contributed by atoms with E-state index in [4.69, 9.17) is 10.5 Å². The first-order valence-electron chi connectivity index (χ1n) is 6.44. The van der Waals surface area contributed by atoms with Gasteiger partial charge in [0.15, 0.2) is 0 Å². The second kappa shape index (κ2) is 5.74. The summed E-state index contributed by atoms with van der Waals surface area (Å²) in [5.74, 6) is -1.63. The zero-order valence-electron chi connectivity index (χ0n) is 11.5. The number of hydrogen-bond acceptors (Lipinski definition) is 5. The smallest absolute Gasteiger partial charge is 0.304 e. The highest BCUT2D eigenvalue weighted by Gasteiger charge is 2.41. The van der Waals surface area contributed by atoms with Gasteiger partial charge in [-0.3, -0.25) is 19.8 Å². The Morgan fingerprint density at radius 1 is 1.48 bits per heavy atom. The van der Waals surface area contributed by atoms with E-state index in [1.807, 2.05) is 0 Å². The molecule has 0 bridgehead atoms. The fourth-order valence-electron chi connectivity index (χ4n) is 2.45. The number of carbonyl (C=O) groups excluding carboxylic acids is 1. The Labute approximate surface area is 120 Å². The summed E-state index contributed by atoms with van der Waals surface area (Å²) < 4.78 is 19.1. The Morgan fingerprint density at radius 3 is 2.57 bits per heavy atom. The normalized spacial score (nSPS) is 19.0. The van der Waals surface area contributed by atoms with E-state index in [1.54, 1.807) is 11.8 Å². The number of primary amides is 1. The number of nitro groups is 1. The molecule has 0 spiro atoms. The maximum absolute atomic E-state index is 13.8. The number of morpholine rings is 1. The number of hydrogen-bond donors (Lipinski definition) is 1. The van der Waals surface area contributed by atoms with Gasteiger partial charge in [-0.25, -0.2) is 0 Å². The van der Waals surface area contributed by atoms with Crippen molar-refractivity contribution in [1.29, 1.82) is 0 Å². The van der Waals surface area contributed by atoms with Crippen LogP contribution in [0.25, 0.3) is 0 Å². The van der Waals surface area contributed by atoms with Crippen LogP contribution in [0.3, 0.4) is 0 Å². The molecule has 1 heterocycles. The van der Waals surface area contributed by atoms with E-state index >= 15 is 0 Å². The van der Waals surface area contributed by atoms with Crippen LogP contribution in [0.4, 0.5) is 10.1 Å². The maximum Gasteiger partial charge on any atom is 0.304 e. The van der Waals surface area contributed by atoms with Gasteiger partial charge in [0.05, 0.1) is 18.1 Å². The van der Waals surface area contributed by atoms with Crippen molar-refractivity contribution in [2.75, 3.05) is 26.3 Å². The fourth-order valence-corrected chi connectivity index (χ4v) is 2.45. The van der Waals surface area contributed by atoms with Crippen LogP contribution in [0.15, 0.2) is 18.2 Å². The molecule has 1 atom stereocenters. The van der Waals surface area contributed by atoms with Gasteiger partial charge in [0.25, 0.3) is 0 Å². The van der Waals surface area contributed by atoms with E-state index in [-0.39, 0.29) is 0 Å². The lowest BCUT2D eigenvalue weighted by molar-refractivity contribution is -0.387. The highest BCUT2D eigenvalue weighted by molar-refractivity contribution is 5.85. The van der Waals surface area contributed by atoms with Crippen molar-refractivity contribution in [2.24, 2.45) is 5.73 Å². The lowest BCUT2D eigenvalue weighted by Crippen LogP contribution is -2.56. The van der Waals surface area contributed by atoms with Crippen LogP contribution in [-0.4, -0.2) is 42.0 Å². The van der Waals surface area contributed by atoms with Crippen LogP contribution in [-0.2, 0) is 15.1 Å². The highest BCUT2D eigenvalue weighted by Crippen LogP contribution is 2.31. The number of ether oxygens (including phenoxy) is 1. The molecule has 1 amide bonds. The average Bonchev–Trinajstić information content (AvgIpc) is 2.46. The Balaban J connectivity index is 2.45. The summed E-state index contributed by atoms with van der Waals surface area (Å²) in [6.07, 6.45) is 0. The molecule has 2 N–H and O–H groups in total. The van der Waals surface area contributed by atoms with Gasteiger partial charge in [-0.2, -0.15) is 4.39 Å². The highest BCUT2D eigenvalue weighted by atomic mass is 19.1. The largest absolute Gasteiger partial charge is 0.379 e. The van der Waals surface area contributed by atoms with Gasteiger partial charge in [-0.05, 0) is 24.6 Å². The standard InChI is InChI=1S/C13H16FN3O4/c1-13(12(15)18,16-4-6-21-7-5-16)9-2-3-11(17(19)20)10(14)8-9/h2-3,8H,4-7H2,1H3,(H2,15,18). The summed E-state index contributed by atoms with van der Waals surface area (Å²) in [4.78, 5) is 23.6. The summed E-state index contributed by atoms with van der Waals surface area (Å²) in [6, 6.07) is 3.41. The molecule has 114 valence electrons. The minimum absolute atomic E-state index is 0.292. The van der Waals surface area contributed by atoms with E-state index < -0.39 is 27.9 Å². The number of benzene rings is 1. The Kier molecular flexibility index (Phi) is 4.19. The number of nitrogens with zero attached hydrogens (tertiary/aromatic N) is 2. The van der Waals surface area contributed by atoms with E-state index in [0.717, 1.165) is 12.1 Å². The van der Waals surface area contributed by atoms with Crippen LogP contribution in [0.5, 0.6) is 0 Å². The molecule has 1 saturated heterocycles. The molecule has 1 aliphatic rings. The lowest BCUT2D eigenvalue weighted by atomic mass is 9.88. The first-order chi connectivity index (χ1) is 9.87. The molecule has 0 radical (unpaired) electrons. The summed E-state index contributed by atoms with van der Waals surface area (Å²) in [6.45, 7) is 3.41. The average molecular weight is 297 g/mol. The molecule has 0 saturated carbocycles. The van der Waals surface area contributed by atoms with Crippen LogP contribution < -0.4 is 5.73 Å². The van der Waals surface area contributed by atoms with E-state index in [1.165, 1.54) is 6.07 Å². The van der Waals surface area contributed by atoms with Gasteiger partial charge in [-0.15, -0.1) is 0 Å². The number of nitro benzene ring substituents is 1. The van der Waals surface area contributed by atoms with Crippen LogP contribution in [0, 0.1) is 15.9 Å². The quantitative estimate of drug-likeness (QED) is 0.653. The third-order valence-electron chi connectivity index (χ3n) is 3.83. The Hall–Kier alpha value is -2.06. The Morgan fingerprint density at radius 2 is 2.10 bits per heavy atom. The molecule has 2 rings (SSSR count). The zero-order chi connectivity index (χ0) is 15.6. The predicted octanol–water partition coefficient (Wildman–Crippen LogP) is 0.767. The van der Waals surface area contributed by atoms with Crippen LogP contribution >= 0.6 is 0 Å². The maximum atomic E-state index is 13.8. The molecule has 0 aliphatic carbocycles. The minimum Gasteiger partial charge on any atom is -0.379 e. The van der Waals surface area contributed by atoms with Crippen LogP contribution in [0.2, 0.25) is 0 Å². The van der Waals surface area contributed by atoms with Gasteiger partial charge < -0.3 is 10.5 Å². The SMILES string of the molecule is CC(C(N)=O)(c1ccc([N+](=O)[O-])c(F)c1)N1CCOCC1. The number of carbonyl (C=O) groups is 1. The van der Waals surface area contributed by atoms with Gasteiger partial charge in [-0.1, -0.05) is 0 Å². The number of amides is 1. The molecule has 1 aromatic rings. The molecule has 1 aliphatic heterocycles.